The van der Waals surface area contributed by atoms with Gasteiger partial charge in [-0.2, -0.15) is 0 Å². The predicted octanol–water partition coefficient (Wildman–Crippen LogP) is 14.2. The summed E-state index contributed by atoms with van der Waals surface area (Å²) in [6, 6.07) is 63.2. The SMILES string of the molecule is CC1C=CC2=C(C1)C1(c3ccccc3)c3ccccc3-c3cccc(c31)C21c2ccccc2-c2c(-c3ccc(-c4nc(-c5ccccc5)nc(C5(C)C=CC=CC5)n4)cc3)cccc21. The van der Waals surface area contributed by atoms with Crippen molar-refractivity contribution in [3.8, 4) is 56.2 Å². The fourth-order valence-electron chi connectivity index (χ4n) is 12.2. The molecule has 7 aromatic carbocycles. The highest BCUT2D eigenvalue weighted by atomic mass is 15.0. The van der Waals surface area contributed by atoms with Gasteiger partial charge in [0.05, 0.1) is 10.8 Å². The first kappa shape index (κ1) is 37.1. The van der Waals surface area contributed by atoms with Crippen molar-refractivity contribution in [2.75, 3.05) is 0 Å². The third-order valence-corrected chi connectivity index (χ3v) is 14.9. The Morgan fingerprint density at radius 1 is 0.500 bits per heavy atom. The van der Waals surface area contributed by atoms with Gasteiger partial charge in [-0.25, -0.2) is 15.0 Å². The Balaban J connectivity index is 1.02. The molecule has 0 amide bonds. The minimum absolute atomic E-state index is 0.327. The number of fused-ring (bicyclic) bond motifs is 11. The molecule has 5 aliphatic rings. The van der Waals surface area contributed by atoms with E-state index < -0.39 is 10.8 Å². The lowest BCUT2D eigenvalue weighted by atomic mass is 9.51. The smallest absolute Gasteiger partial charge is 0.163 e. The molecule has 5 aliphatic carbocycles. The average Bonchev–Trinajstić information content (AvgIpc) is 3.83. The van der Waals surface area contributed by atoms with Crippen LogP contribution in [0.3, 0.4) is 0 Å². The van der Waals surface area contributed by atoms with Crippen molar-refractivity contribution in [1.29, 1.82) is 0 Å². The van der Waals surface area contributed by atoms with Gasteiger partial charge in [0.2, 0.25) is 0 Å². The van der Waals surface area contributed by atoms with E-state index >= 15 is 0 Å². The zero-order valence-electron chi connectivity index (χ0n) is 36.0. The lowest BCUT2D eigenvalue weighted by Gasteiger charge is -2.51. The highest BCUT2D eigenvalue weighted by Crippen LogP contribution is 2.70. The number of hydrogen-bond donors (Lipinski definition) is 0. The van der Waals surface area contributed by atoms with Crippen LogP contribution in [0, 0.1) is 5.92 Å². The van der Waals surface area contributed by atoms with E-state index in [0.717, 1.165) is 29.8 Å². The van der Waals surface area contributed by atoms with Gasteiger partial charge in [0.15, 0.2) is 11.6 Å². The van der Waals surface area contributed by atoms with Crippen LogP contribution < -0.4 is 0 Å². The van der Waals surface area contributed by atoms with Gasteiger partial charge in [0.25, 0.3) is 0 Å². The van der Waals surface area contributed by atoms with Crippen LogP contribution in [0.4, 0.5) is 0 Å². The third-order valence-electron chi connectivity index (χ3n) is 14.9. The van der Waals surface area contributed by atoms with Crippen molar-refractivity contribution in [1.82, 2.24) is 15.0 Å². The number of aromatic nitrogens is 3. The molecule has 0 N–H and O–H groups in total. The highest BCUT2D eigenvalue weighted by Gasteiger charge is 2.60. The molecular weight excluding hydrogens is 775 g/mol. The summed E-state index contributed by atoms with van der Waals surface area (Å²) >= 11 is 0. The van der Waals surface area contributed by atoms with Gasteiger partial charge < -0.3 is 0 Å². The molecule has 0 fully saturated rings. The Kier molecular flexibility index (Phi) is 7.97. The standard InChI is InChI=1S/C61H45N3/c1-39-30-35-50-53(38-39)60(43-20-8-4-9-21-43)48-26-12-10-22-45(48)46-25-17-29-52(55(46)60)61(50)49-27-13-11-23-47(49)54-44(24-16-28-51(54)61)40-31-33-42(34-32-40)57-62-56(41-18-6-3-7-19-41)63-58(64-57)59(2)36-14-5-15-37-59/h3-36,39H,37-38H2,1-2H3. The van der Waals surface area contributed by atoms with E-state index in [-0.39, 0.29) is 5.41 Å². The highest BCUT2D eigenvalue weighted by molar-refractivity contribution is 5.99. The van der Waals surface area contributed by atoms with Gasteiger partial charge in [0, 0.05) is 16.5 Å². The first-order valence-electron chi connectivity index (χ1n) is 22.7. The molecule has 3 nitrogen and oxygen atoms in total. The number of benzene rings is 7. The normalized spacial score (nSPS) is 22.8. The maximum atomic E-state index is 5.18. The summed E-state index contributed by atoms with van der Waals surface area (Å²) in [6.07, 6.45) is 15.4. The Bertz CT molecular complexity index is 3360. The zero-order chi connectivity index (χ0) is 42.6. The second kappa shape index (κ2) is 13.8. The summed E-state index contributed by atoms with van der Waals surface area (Å²) < 4.78 is 0. The van der Waals surface area contributed by atoms with Gasteiger partial charge in [-0.1, -0.05) is 213 Å². The molecule has 1 aromatic heterocycles. The van der Waals surface area contributed by atoms with Crippen LogP contribution >= 0.6 is 0 Å². The lowest BCUT2D eigenvalue weighted by molar-refractivity contribution is 0.551. The molecule has 64 heavy (non-hydrogen) atoms. The van der Waals surface area contributed by atoms with Crippen LogP contribution in [0.25, 0.3) is 56.2 Å². The quantitative estimate of drug-likeness (QED) is 0.174. The lowest BCUT2D eigenvalue weighted by Crippen LogP contribution is -2.44. The van der Waals surface area contributed by atoms with Crippen molar-refractivity contribution in [3.05, 3.63) is 257 Å². The molecule has 1 heterocycles. The monoisotopic (exact) mass is 819 g/mol. The van der Waals surface area contributed by atoms with E-state index in [4.69, 9.17) is 15.0 Å². The van der Waals surface area contributed by atoms with Crippen LogP contribution in [0.15, 0.2) is 217 Å². The fourth-order valence-corrected chi connectivity index (χ4v) is 12.2. The van der Waals surface area contributed by atoms with Crippen LogP contribution in [0.5, 0.6) is 0 Å². The van der Waals surface area contributed by atoms with E-state index in [1.807, 2.05) is 18.2 Å². The molecule has 304 valence electrons. The van der Waals surface area contributed by atoms with Crippen LogP contribution in [-0.2, 0) is 16.2 Å². The molecule has 0 bridgehead atoms. The third kappa shape index (κ3) is 4.95. The van der Waals surface area contributed by atoms with Gasteiger partial charge in [0.1, 0.15) is 5.82 Å². The summed E-state index contributed by atoms with van der Waals surface area (Å²) in [5.74, 6) is 2.56. The van der Waals surface area contributed by atoms with Crippen molar-refractivity contribution in [2.24, 2.45) is 5.92 Å². The average molecular weight is 820 g/mol. The van der Waals surface area contributed by atoms with Crippen molar-refractivity contribution in [2.45, 2.75) is 42.9 Å². The molecule has 8 aromatic rings. The molecule has 4 unspecified atom stereocenters. The number of rotatable bonds is 5. The molecule has 13 rings (SSSR count). The molecule has 0 aliphatic heterocycles. The first-order chi connectivity index (χ1) is 31.5. The minimum Gasteiger partial charge on any atom is -0.212 e. The number of hydrogen-bond acceptors (Lipinski definition) is 3. The van der Waals surface area contributed by atoms with Gasteiger partial charge in [-0.05, 0) is 104 Å². The molecule has 0 radical (unpaired) electrons. The second-order valence-corrected chi connectivity index (χ2v) is 18.5. The molecule has 4 atom stereocenters. The van der Waals surface area contributed by atoms with Crippen LogP contribution in [-0.4, -0.2) is 15.0 Å². The predicted molar refractivity (Wildman–Crippen MR) is 260 cm³/mol. The van der Waals surface area contributed by atoms with E-state index in [9.17, 15) is 0 Å². The first-order valence-corrected chi connectivity index (χ1v) is 22.7. The van der Waals surface area contributed by atoms with Gasteiger partial charge >= 0.3 is 0 Å². The van der Waals surface area contributed by atoms with Crippen molar-refractivity contribution >= 4 is 0 Å². The minimum atomic E-state index is -0.506. The summed E-state index contributed by atoms with van der Waals surface area (Å²) in [4.78, 5) is 15.3. The topological polar surface area (TPSA) is 38.7 Å². The Morgan fingerprint density at radius 3 is 1.83 bits per heavy atom. The Morgan fingerprint density at radius 2 is 1.09 bits per heavy atom. The molecular formula is C61H45N3. The second-order valence-electron chi connectivity index (χ2n) is 18.5. The molecule has 0 saturated carbocycles. The Hall–Kier alpha value is -7.49. The van der Waals surface area contributed by atoms with E-state index in [1.165, 1.54) is 77.9 Å². The zero-order valence-corrected chi connectivity index (χ0v) is 36.0. The van der Waals surface area contributed by atoms with Crippen molar-refractivity contribution < 1.29 is 0 Å². The maximum absolute atomic E-state index is 5.18. The van der Waals surface area contributed by atoms with Crippen molar-refractivity contribution in [3.63, 3.8) is 0 Å². The number of nitrogens with zero attached hydrogens (tertiary/aromatic N) is 3. The largest absolute Gasteiger partial charge is 0.212 e. The summed E-state index contributed by atoms with van der Waals surface area (Å²) in [6.45, 7) is 4.60. The van der Waals surface area contributed by atoms with E-state index in [0.29, 0.717) is 17.6 Å². The maximum Gasteiger partial charge on any atom is 0.163 e. The van der Waals surface area contributed by atoms with E-state index in [2.05, 4.69) is 202 Å². The summed E-state index contributed by atoms with van der Waals surface area (Å²) in [7, 11) is 0. The molecule has 0 saturated heterocycles. The van der Waals surface area contributed by atoms with Gasteiger partial charge in [-0.3, -0.25) is 0 Å². The number of allylic oxidation sites excluding steroid dienone is 8. The molecule has 1 spiro atoms. The van der Waals surface area contributed by atoms with E-state index in [1.54, 1.807) is 0 Å². The Labute approximate surface area is 375 Å². The molecule has 3 heteroatoms. The van der Waals surface area contributed by atoms with Gasteiger partial charge in [-0.15, -0.1) is 0 Å². The van der Waals surface area contributed by atoms with Crippen LogP contribution in [0.2, 0.25) is 0 Å². The summed E-state index contributed by atoms with van der Waals surface area (Å²) in [5.41, 5.74) is 19.7. The van der Waals surface area contributed by atoms with Crippen LogP contribution in [0.1, 0.15) is 65.9 Å². The fraction of sp³-hybridized carbons (Fsp3) is 0.131. The summed E-state index contributed by atoms with van der Waals surface area (Å²) in [5, 5.41) is 0.